The van der Waals surface area contributed by atoms with Crippen LogP contribution >= 0.6 is 23.1 Å². The summed E-state index contributed by atoms with van der Waals surface area (Å²) in [6.45, 7) is 4.26. The predicted octanol–water partition coefficient (Wildman–Crippen LogP) is 3.46. The van der Waals surface area contributed by atoms with Gasteiger partial charge in [0.15, 0.2) is 10.8 Å². The maximum absolute atomic E-state index is 4.71. The standard InChI is InChI=1S/C15H16N6S2/c1-7-5-4-6-9-10(7)11-12-16-8(2)19-21(12)14-17-18-15(22-3)20(14)13(11)23-9/h7H,4-6H2,1-3H3/t7-/m0/s1. The van der Waals surface area contributed by atoms with Crippen molar-refractivity contribution < 1.29 is 0 Å². The van der Waals surface area contributed by atoms with Crippen molar-refractivity contribution in [2.45, 2.75) is 44.2 Å². The molecule has 4 aromatic rings. The quantitative estimate of drug-likeness (QED) is 0.495. The number of rotatable bonds is 1. The van der Waals surface area contributed by atoms with Gasteiger partial charge in [-0.15, -0.1) is 26.6 Å². The topological polar surface area (TPSA) is 60.4 Å². The minimum Gasteiger partial charge on any atom is -0.244 e. The van der Waals surface area contributed by atoms with Gasteiger partial charge in [-0.05, 0) is 43.9 Å². The molecule has 0 amide bonds. The smallest absolute Gasteiger partial charge is 0.244 e. The first kappa shape index (κ1) is 13.7. The molecule has 0 spiro atoms. The number of aromatic nitrogens is 6. The first-order valence-electron chi connectivity index (χ1n) is 7.78. The van der Waals surface area contributed by atoms with E-state index < -0.39 is 0 Å². The summed E-state index contributed by atoms with van der Waals surface area (Å²) < 4.78 is 4.01. The Hall–Kier alpha value is -1.67. The molecule has 0 aromatic carbocycles. The fraction of sp³-hybridized carbons (Fsp3) is 0.467. The monoisotopic (exact) mass is 344 g/mol. The maximum Gasteiger partial charge on any atom is 0.260 e. The number of hydrogen-bond donors (Lipinski definition) is 0. The lowest BCUT2D eigenvalue weighted by atomic mass is 9.87. The van der Waals surface area contributed by atoms with Gasteiger partial charge in [0, 0.05) is 4.88 Å². The number of hydrogen-bond acceptors (Lipinski definition) is 6. The number of thioether (sulfide) groups is 1. The number of nitrogens with zero attached hydrogens (tertiary/aromatic N) is 6. The molecule has 0 saturated carbocycles. The Morgan fingerprint density at radius 3 is 3.00 bits per heavy atom. The van der Waals surface area contributed by atoms with E-state index in [1.807, 2.05) is 29.0 Å². The summed E-state index contributed by atoms with van der Waals surface area (Å²) in [5, 5.41) is 15.4. The van der Waals surface area contributed by atoms with Crippen LogP contribution in [-0.2, 0) is 6.42 Å². The molecule has 0 fully saturated rings. The van der Waals surface area contributed by atoms with Crippen molar-refractivity contribution in [3.8, 4) is 0 Å². The van der Waals surface area contributed by atoms with Crippen molar-refractivity contribution in [1.29, 1.82) is 0 Å². The Morgan fingerprint density at radius 2 is 2.17 bits per heavy atom. The normalized spacial score (nSPS) is 18.3. The van der Waals surface area contributed by atoms with Crippen LogP contribution in [0.3, 0.4) is 0 Å². The molecule has 1 atom stereocenters. The largest absolute Gasteiger partial charge is 0.260 e. The van der Waals surface area contributed by atoms with E-state index in [9.17, 15) is 0 Å². The van der Waals surface area contributed by atoms with Crippen LogP contribution in [0.25, 0.3) is 21.6 Å². The minimum atomic E-state index is 0.569. The lowest BCUT2D eigenvalue weighted by molar-refractivity contribution is 0.602. The molecule has 4 aromatic heterocycles. The van der Waals surface area contributed by atoms with Crippen LogP contribution < -0.4 is 0 Å². The van der Waals surface area contributed by atoms with E-state index in [4.69, 9.17) is 4.98 Å². The summed E-state index contributed by atoms with van der Waals surface area (Å²) in [5.41, 5.74) is 2.40. The van der Waals surface area contributed by atoms with Gasteiger partial charge in [-0.3, -0.25) is 0 Å². The summed E-state index contributed by atoms with van der Waals surface area (Å²) in [5.74, 6) is 2.10. The minimum absolute atomic E-state index is 0.569. The number of aryl methyl sites for hydroxylation is 2. The number of thiophene rings is 1. The zero-order valence-electron chi connectivity index (χ0n) is 13.2. The summed E-state index contributed by atoms with van der Waals surface area (Å²) in [4.78, 5) is 7.42. The van der Waals surface area contributed by atoms with Crippen LogP contribution in [0.5, 0.6) is 0 Å². The lowest BCUT2D eigenvalue weighted by Gasteiger charge is -2.18. The second-order valence-corrected chi connectivity index (χ2v) is 7.99. The zero-order valence-corrected chi connectivity index (χ0v) is 14.8. The lowest BCUT2D eigenvalue weighted by Crippen LogP contribution is -2.05. The van der Waals surface area contributed by atoms with Gasteiger partial charge < -0.3 is 0 Å². The van der Waals surface area contributed by atoms with Gasteiger partial charge in [0.1, 0.15) is 10.7 Å². The maximum atomic E-state index is 4.71. The van der Waals surface area contributed by atoms with Crippen molar-refractivity contribution in [1.82, 2.24) is 29.2 Å². The van der Waals surface area contributed by atoms with Gasteiger partial charge in [0.2, 0.25) is 0 Å². The molecule has 5 rings (SSSR count). The van der Waals surface area contributed by atoms with Gasteiger partial charge in [-0.1, -0.05) is 18.7 Å². The summed E-state index contributed by atoms with van der Waals surface area (Å²) in [6.07, 6.45) is 5.71. The highest BCUT2D eigenvalue weighted by Gasteiger charge is 2.27. The van der Waals surface area contributed by atoms with E-state index >= 15 is 0 Å². The van der Waals surface area contributed by atoms with Crippen molar-refractivity contribution in [3.05, 3.63) is 16.3 Å². The molecule has 0 saturated heterocycles. The fourth-order valence-corrected chi connectivity index (χ4v) is 5.69. The van der Waals surface area contributed by atoms with Crippen LogP contribution in [-0.4, -0.2) is 35.5 Å². The van der Waals surface area contributed by atoms with Crippen LogP contribution in [0.2, 0.25) is 0 Å². The van der Waals surface area contributed by atoms with Crippen molar-refractivity contribution in [2.24, 2.45) is 0 Å². The predicted molar refractivity (Wildman–Crippen MR) is 92.8 cm³/mol. The first-order chi connectivity index (χ1) is 11.2. The van der Waals surface area contributed by atoms with Gasteiger partial charge >= 0.3 is 0 Å². The summed E-state index contributed by atoms with van der Waals surface area (Å²) in [7, 11) is 0. The van der Waals surface area contributed by atoms with Crippen LogP contribution in [0.15, 0.2) is 5.16 Å². The second kappa shape index (κ2) is 4.67. The second-order valence-electron chi connectivity index (χ2n) is 6.13. The highest BCUT2D eigenvalue weighted by atomic mass is 32.2. The summed E-state index contributed by atoms with van der Waals surface area (Å²) in [6, 6.07) is 0. The highest BCUT2D eigenvalue weighted by Crippen LogP contribution is 2.44. The Kier molecular flexibility index (Phi) is 2.79. The summed E-state index contributed by atoms with van der Waals surface area (Å²) >= 11 is 3.50. The van der Waals surface area contributed by atoms with E-state index in [0.717, 1.165) is 28.8 Å². The average molecular weight is 344 g/mol. The van der Waals surface area contributed by atoms with Gasteiger partial charge in [0.05, 0.1) is 5.39 Å². The van der Waals surface area contributed by atoms with Gasteiger partial charge in [0.25, 0.3) is 5.78 Å². The Balaban J connectivity index is 2.09. The van der Waals surface area contributed by atoms with E-state index in [1.165, 1.54) is 33.5 Å². The Morgan fingerprint density at radius 1 is 1.30 bits per heavy atom. The molecular formula is C15H16N6S2. The third kappa shape index (κ3) is 1.70. The third-order valence-corrected chi connectivity index (χ3v) is 6.55. The third-order valence-electron chi connectivity index (χ3n) is 4.67. The van der Waals surface area contributed by atoms with E-state index in [1.54, 1.807) is 11.8 Å². The van der Waals surface area contributed by atoms with Gasteiger partial charge in [-0.2, -0.15) is 4.52 Å². The highest BCUT2D eigenvalue weighted by molar-refractivity contribution is 7.98. The zero-order chi connectivity index (χ0) is 15.7. The van der Waals surface area contributed by atoms with E-state index in [-0.39, 0.29) is 0 Å². The van der Waals surface area contributed by atoms with Crippen molar-refractivity contribution >= 4 is 44.7 Å². The average Bonchev–Trinajstić information content (AvgIpc) is 3.19. The van der Waals surface area contributed by atoms with Crippen molar-refractivity contribution in [2.75, 3.05) is 6.26 Å². The van der Waals surface area contributed by atoms with Crippen LogP contribution in [0.4, 0.5) is 0 Å². The Bertz CT molecular complexity index is 1070. The van der Waals surface area contributed by atoms with Crippen LogP contribution in [0.1, 0.15) is 41.9 Å². The molecule has 23 heavy (non-hydrogen) atoms. The van der Waals surface area contributed by atoms with E-state index in [2.05, 4.69) is 26.6 Å². The molecule has 1 aliphatic rings. The van der Waals surface area contributed by atoms with Crippen LogP contribution in [0, 0.1) is 6.92 Å². The molecule has 1 aliphatic carbocycles. The molecule has 0 N–H and O–H groups in total. The molecule has 0 unspecified atom stereocenters. The van der Waals surface area contributed by atoms with Crippen molar-refractivity contribution in [3.63, 3.8) is 0 Å². The number of fused-ring (bicyclic) bond motifs is 8. The molecule has 0 bridgehead atoms. The van der Waals surface area contributed by atoms with Gasteiger partial charge in [-0.25, -0.2) is 9.38 Å². The molecule has 8 heteroatoms. The molecule has 4 heterocycles. The molecule has 0 radical (unpaired) electrons. The Labute approximate surface area is 140 Å². The molecule has 118 valence electrons. The SMILES string of the molecule is CSc1nnc2n3nc(C)nc3c3c4c(sc3n12)CCC[C@@H]4C. The molecule has 6 nitrogen and oxygen atoms in total. The fourth-order valence-electron chi connectivity index (χ4n) is 3.70. The molecular weight excluding hydrogens is 328 g/mol. The first-order valence-corrected chi connectivity index (χ1v) is 9.83. The molecule has 0 aliphatic heterocycles. The van der Waals surface area contributed by atoms with E-state index in [0.29, 0.717) is 5.92 Å².